The lowest BCUT2D eigenvalue weighted by Crippen LogP contribution is -2.22. The quantitative estimate of drug-likeness (QED) is 0.351. The number of anilines is 1. The van der Waals surface area contributed by atoms with Crippen LogP contribution >= 0.6 is 0 Å². The molecule has 2 aromatic heterocycles. The number of carbonyl (C=O) groups is 2. The molecule has 0 saturated carbocycles. The summed E-state index contributed by atoms with van der Waals surface area (Å²) < 4.78 is 6.74. The van der Waals surface area contributed by atoms with Gasteiger partial charge in [-0.1, -0.05) is 42.8 Å². The first kappa shape index (κ1) is 21.6. The van der Waals surface area contributed by atoms with E-state index in [0.29, 0.717) is 11.3 Å². The summed E-state index contributed by atoms with van der Waals surface area (Å²) in [7, 11) is 0. The molecule has 1 aliphatic rings. The van der Waals surface area contributed by atoms with Gasteiger partial charge < -0.3 is 10.1 Å². The molecule has 1 amide bonds. The Kier molecular flexibility index (Phi) is 5.95. The normalized spacial score (nSPS) is 13.2. The number of carbonyl (C=O) groups excluding carboxylic acids is 2. The molecule has 8 nitrogen and oxygen atoms in total. The number of rotatable bonds is 5. The number of H-pyrrole nitrogens is 1. The van der Waals surface area contributed by atoms with Crippen molar-refractivity contribution in [2.45, 2.75) is 32.1 Å². The van der Waals surface area contributed by atoms with Crippen molar-refractivity contribution in [1.82, 2.24) is 14.8 Å². The molecule has 2 N–H and O–H groups in total. The number of aryl methyl sites for hydroxylation is 1. The Bertz CT molecular complexity index is 1420. The van der Waals surface area contributed by atoms with Crippen LogP contribution in [0.15, 0.2) is 65.5 Å². The van der Waals surface area contributed by atoms with Gasteiger partial charge in [-0.3, -0.25) is 19.7 Å². The van der Waals surface area contributed by atoms with Gasteiger partial charge in [0.25, 0.3) is 11.5 Å². The number of amides is 1. The molecule has 0 aliphatic heterocycles. The van der Waals surface area contributed by atoms with Crippen LogP contribution < -0.4 is 10.9 Å². The van der Waals surface area contributed by atoms with Crippen molar-refractivity contribution in [2.24, 2.45) is 0 Å². The summed E-state index contributed by atoms with van der Waals surface area (Å²) in [4.78, 5) is 42.7. The SMILES string of the molecule is O=C(COC(=O)c1c2c(nc3ccccc13)CCCCC2)Nc1cc(=O)n(-c2ccccc2)[nH]1. The van der Waals surface area contributed by atoms with E-state index in [-0.39, 0.29) is 11.4 Å². The molecule has 34 heavy (non-hydrogen) atoms. The second-order valence-corrected chi connectivity index (χ2v) is 8.29. The fourth-order valence-electron chi connectivity index (χ4n) is 4.40. The largest absolute Gasteiger partial charge is 0.452 e. The molecular weight excluding hydrogens is 432 g/mol. The first-order valence-electron chi connectivity index (χ1n) is 11.3. The maximum atomic E-state index is 13.2. The minimum absolute atomic E-state index is 0.220. The lowest BCUT2D eigenvalue weighted by Gasteiger charge is -2.14. The first-order valence-corrected chi connectivity index (χ1v) is 11.3. The number of hydrogen-bond acceptors (Lipinski definition) is 5. The molecule has 0 bridgehead atoms. The maximum Gasteiger partial charge on any atom is 0.339 e. The summed E-state index contributed by atoms with van der Waals surface area (Å²) >= 11 is 0. The van der Waals surface area contributed by atoms with E-state index in [1.54, 1.807) is 12.1 Å². The van der Waals surface area contributed by atoms with E-state index >= 15 is 0 Å². The molecule has 4 aromatic rings. The van der Waals surface area contributed by atoms with Crippen molar-refractivity contribution in [3.05, 3.63) is 87.8 Å². The van der Waals surface area contributed by atoms with Gasteiger partial charge in [0.05, 0.1) is 16.8 Å². The van der Waals surface area contributed by atoms with Gasteiger partial charge in [0.15, 0.2) is 6.61 Å². The van der Waals surface area contributed by atoms with Gasteiger partial charge in [-0.2, -0.15) is 0 Å². The number of aromatic nitrogens is 3. The van der Waals surface area contributed by atoms with Crippen LogP contribution in [-0.2, 0) is 22.4 Å². The molecule has 2 aromatic carbocycles. The molecule has 0 unspecified atom stereocenters. The summed E-state index contributed by atoms with van der Waals surface area (Å²) in [5.41, 5.74) is 3.44. The van der Waals surface area contributed by atoms with Crippen LogP contribution in [-0.4, -0.2) is 33.2 Å². The van der Waals surface area contributed by atoms with Crippen molar-refractivity contribution in [3.8, 4) is 5.69 Å². The van der Waals surface area contributed by atoms with Gasteiger partial charge in [-0.25, -0.2) is 9.48 Å². The van der Waals surface area contributed by atoms with E-state index in [1.807, 2.05) is 42.5 Å². The lowest BCUT2D eigenvalue weighted by atomic mass is 9.97. The highest BCUT2D eigenvalue weighted by Crippen LogP contribution is 2.29. The molecule has 0 radical (unpaired) electrons. The van der Waals surface area contributed by atoms with Crippen LogP contribution in [0.25, 0.3) is 16.6 Å². The lowest BCUT2D eigenvalue weighted by molar-refractivity contribution is -0.119. The van der Waals surface area contributed by atoms with Gasteiger partial charge in [0, 0.05) is 17.1 Å². The number of nitrogens with zero attached hydrogens (tertiary/aromatic N) is 2. The number of hydrogen-bond donors (Lipinski definition) is 2. The van der Waals surface area contributed by atoms with Gasteiger partial charge in [0.1, 0.15) is 5.82 Å². The van der Waals surface area contributed by atoms with Crippen molar-refractivity contribution in [2.75, 3.05) is 11.9 Å². The van der Waals surface area contributed by atoms with Crippen LogP contribution in [0.1, 0.15) is 40.9 Å². The second-order valence-electron chi connectivity index (χ2n) is 8.29. The molecule has 0 atom stereocenters. The fourth-order valence-corrected chi connectivity index (χ4v) is 4.40. The fraction of sp³-hybridized carbons (Fsp3) is 0.231. The Labute approximate surface area is 195 Å². The number of fused-ring (bicyclic) bond motifs is 2. The molecule has 1 aliphatic carbocycles. The zero-order valence-electron chi connectivity index (χ0n) is 18.5. The third kappa shape index (κ3) is 4.34. The molecule has 0 saturated heterocycles. The van der Waals surface area contributed by atoms with E-state index in [4.69, 9.17) is 9.72 Å². The summed E-state index contributed by atoms with van der Waals surface area (Å²) in [6.07, 6.45) is 4.70. The monoisotopic (exact) mass is 456 g/mol. The Morgan fingerprint density at radius 3 is 2.62 bits per heavy atom. The number of benzene rings is 2. The zero-order chi connectivity index (χ0) is 23.5. The summed E-state index contributed by atoms with van der Waals surface area (Å²) in [6.45, 7) is -0.469. The summed E-state index contributed by atoms with van der Waals surface area (Å²) in [6, 6.07) is 17.8. The van der Waals surface area contributed by atoms with Crippen LogP contribution in [0.4, 0.5) is 5.82 Å². The molecule has 8 heteroatoms. The third-order valence-corrected chi connectivity index (χ3v) is 5.97. The average molecular weight is 457 g/mol. The smallest absolute Gasteiger partial charge is 0.339 e. The van der Waals surface area contributed by atoms with Gasteiger partial charge >= 0.3 is 5.97 Å². The minimum atomic E-state index is -0.542. The zero-order valence-corrected chi connectivity index (χ0v) is 18.5. The molecule has 2 heterocycles. The Morgan fingerprint density at radius 1 is 1.00 bits per heavy atom. The van der Waals surface area contributed by atoms with Crippen LogP contribution in [0, 0.1) is 0 Å². The number of esters is 1. The average Bonchev–Trinajstić information content (AvgIpc) is 3.06. The molecule has 0 fully saturated rings. The topological polar surface area (TPSA) is 106 Å². The van der Waals surface area contributed by atoms with E-state index in [9.17, 15) is 14.4 Å². The number of para-hydroxylation sites is 2. The van der Waals surface area contributed by atoms with E-state index in [2.05, 4.69) is 10.4 Å². The van der Waals surface area contributed by atoms with Crippen molar-refractivity contribution >= 4 is 28.6 Å². The number of aromatic amines is 1. The number of nitrogens with one attached hydrogen (secondary N) is 2. The van der Waals surface area contributed by atoms with Crippen molar-refractivity contribution in [3.63, 3.8) is 0 Å². The highest BCUT2D eigenvalue weighted by molar-refractivity contribution is 6.06. The van der Waals surface area contributed by atoms with E-state index in [0.717, 1.165) is 54.3 Å². The van der Waals surface area contributed by atoms with Crippen LogP contribution in [0.2, 0.25) is 0 Å². The third-order valence-electron chi connectivity index (χ3n) is 5.97. The maximum absolute atomic E-state index is 13.2. The van der Waals surface area contributed by atoms with E-state index < -0.39 is 18.5 Å². The Hall–Kier alpha value is -4.20. The highest BCUT2D eigenvalue weighted by Gasteiger charge is 2.23. The predicted octanol–water partition coefficient (Wildman–Crippen LogP) is 3.78. The molecular formula is C26H24N4O4. The summed E-state index contributed by atoms with van der Waals surface area (Å²) in [5, 5.41) is 6.16. The first-order chi connectivity index (χ1) is 16.6. The van der Waals surface area contributed by atoms with Gasteiger partial charge in [-0.05, 0) is 49.4 Å². The van der Waals surface area contributed by atoms with Crippen molar-refractivity contribution < 1.29 is 14.3 Å². The second kappa shape index (κ2) is 9.35. The molecule has 5 rings (SSSR count). The number of ether oxygens (including phenoxy) is 1. The summed E-state index contributed by atoms with van der Waals surface area (Å²) in [5.74, 6) is -0.861. The minimum Gasteiger partial charge on any atom is -0.452 e. The number of pyridine rings is 1. The predicted molar refractivity (Wildman–Crippen MR) is 128 cm³/mol. The standard InChI is InChI=1S/C26H24N4O4/c31-23(28-22-15-24(32)30(29-22)17-9-3-1-4-10-17)16-34-26(33)25-18-11-5-2-6-13-20(18)27-21-14-8-7-12-19(21)25/h1,3-4,7-10,12,14-15,29H,2,5-6,11,13,16H2,(H,28,31). The highest BCUT2D eigenvalue weighted by atomic mass is 16.5. The van der Waals surface area contributed by atoms with Gasteiger partial charge in [0.2, 0.25) is 0 Å². The molecule has 172 valence electrons. The molecule has 0 spiro atoms. The van der Waals surface area contributed by atoms with E-state index in [1.165, 1.54) is 10.7 Å². The Balaban J connectivity index is 1.33. The van der Waals surface area contributed by atoms with Crippen molar-refractivity contribution in [1.29, 1.82) is 0 Å². The Morgan fingerprint density at radius 2 is 1.76 bits per heavy atom. The van der Waals surface area contributed by atoms with Crippen LogP contribution in [0.3, 0.4) is 0 Å². The van der Waals surface area contributed by atoms with Gasteiger partial charge in [-0.15, -0.1) is 0 Å². The van der Waals surface area contributed by atoms with Crippen LogP contribution in [0.5, 0.6) is 0 Å².